The zero-order valence-corrected chi connectivity index (χ0v) is 13.6. The van der Waals surface area contributed by atoms with Crippen molar-refractivity contribution < 1.29 is 17.2 Å². The molecule has 0 amide bonds. The molecule has 2 rings (SSSR count). The summed E-state index contributed by atoms with van der Waals surface area (Å²) >= 11 is 0. The first kappa shape index (κ1) is 17.5. The van der Waals surface area contributed by atoms with Crippen molar-refractivity contribution in [3.8, 4) is 0 Å². The molecule has 0 heterocycles. The second-order valence-electron chi connectivity index (χ2n) is 5.13. The third kappa shape index (κ3) is 4.34. The van der Waals surface area contributed by atoms with E-state index in [0.717, 1.165) is 17.7 Å². The van der Waals surface area contributed by atoms with Gasteiger partial charge in [0.25, 0.3) is 0 Å². The molecule has 2 aromatic carbocycles. The van der Waals surface area contributed by atoms with Crippen LogP contribution in [-0.4, -0.2) is 15.5 Å². The Kier molecular flexibility index (Phi) is 5.46. The van der Waals surface area contributed by atoms with Crippen LogP contribution in [0.1, 0.15) is 24.1 Å². The molecule has 7 heteroatoms. The van der Waals surface area contributed by atoms with Gasteiger partial charge in [0, 0.05) is 12.6 Å². The van der Waals surface area contributed by atoms with Gasteiger partial charge in [-0.3, -0.25) is 0 Å². The number of hydrogen-bond donors (Lipinski definition) is 2. The number of hydrogen-bond acceptors (Lipinski definition) is 3. The molecule has 23 heavy (non-hydrogen) atoms. The van der Waals surface area contributed by atoms with Gasteiger partial charge in [0.15, 0.2) is 11.6 Å². The van der Waals surface area contributed by atoms with Crippen LogP contribution in [0.3, 0.4) is 0 Å². The van der Waals surface area contributed by atoms with Crippen LogP contribution >= 0.6 is 0 Å². The van der Waals surface area contributed by atoms with Gasteiger partial charge in [-0.05, 0) is 49.4 Å². The molecule has 0 bridgehead atoms. The lowest BCUT2D eigenvalue weighted by atomic mass is 10.1. The van der Waals surface area contributed by atoms with Gasteiger partial charge >= 0.3 is 0 Å². The lowest BCUT2D eigenvalue weighted by Crippen LogP contribution is -2.21. The molecule has 124 valence electrons. The van der Waals surface area contributed by atoms with Crippen LogP contribution < -0.4 is 10.0 Å². The molecule has 0 spiro atoms. The maximum Gasteiger partial charge on any atom is 0.240 e. The largest absolute Gasteiger partial charge is 0.306 e. The van der Waals surface area contributed by atoms with E-state index in [2.05, 4.69) is 10.0 Å². The average Bonchev–Trinajstić information content (AvgIpc) is 2.55. The first-order valence-electron chi connectivity index (χ1n) is 7.04. The van der Waals surface area contributed by atoms with E-state index in [-0.39, 0.29) is 10.9 Å². The summed E-state index contributed by atoms with van der Waals surface area (Å²) in [5.41, 5.74) is 1.39. The first-order valence-corrected chi connectivity index (χ1v) is 8.52. The molecule has 0 saturated carbocycles. The van der Waals surface area contributed by atoms with Crippen LogP contribution in [-0.2, 0) is 16.6 Å². The molecule has 0 aromatic heterocycles. The second kappa shape index (κ2) is 7.16. The van der Waals surface area contributed by atoms with Gasteiger partial charge in [-0.15, -0.1) is 0 Å². The number of halogens is 2. The predicted octanol–water partition coefficient (Wildman–Crippen LogP) is 2.72. The smallest absolute Gasteiger partial charge is 0.240 e. The first-order chi connectivity index (χ1) is 10.8. The van der Waals surface area contributed by atoms with E-state index in [1.165, 1.54) is 19.2 Å². The van der Waals surface area contributed by atoms with Crippen LogP contribution in [0.15, 0.2) is 47.4 Å². The van der Waals surface area contributed by atoms with Crippen molar-refractivity contribution in [2.75, 3.05) is 7.05 Å². The Morgan fingerprint density at radius 1 is 1.09 bits per heavy atom. The fourth-order valence-electron chi connectivity index (χ4n) is 2.11. The molecule has 1 atom stereocenters. The van der Waals surface area contributed by atoms with Gasteiger partial charge in [0.05, 0.1) is 4.90 Å². The van der Waals surface area contributed by atoms with Gasteiger partial charge in [0.2, 0.25) is 10.0 Å². The highest BCUT2D eigenvalue weighted by molar-refractivity contribution is 7.89. The Morgan fingerprint density at radius 2 is 1.83 bits per heavy atom. The summed E-state index contributed by atoms with van der Waals surface area (Å²) in [5, 5.41) is 3.15. The Hall–Kier alpha value is -1.83. The molecule has 4 nitrogen and oxygen atoms in total. The van der Waals surface area contributed by atoms with E-state index in [0.29, 0.717) is 12.1 Å². The highest BCUT2D eigenvalue weighted by Crippen LogP contribution is 2.18. The molecule has 0 aliphatic carbocycles. The molecule has 2 aromatic rings. The molecular weight excluding hydrogens is 322 g/mol. The molecule has 0 fully saturated rings. The fourth-order valence-corrected chi connectivity index (χ4v) is 2.89. The summed E-state index contributed by atoms with van der Waals surface area (Å²) in [4.78, 5) is 0.180. The minimum absolute atomic E-state index is 0.157. The summed E-state index contributed by atoms with van der Waals surface area (Å²) in [6.45, 7) is 2.20. The van der Waals surface area contributed by atoms with Crippen molar-refractivity contribution in [3.63, 3.8) is 0 Å². The topological polar surface area (TPSA) is 58.2 Å². The quantitative estimate of drug-likeness (QED) is 0.850. The van der Waals surface area contributed by atoms with E-state index in [9.17, 15) is 17.2 Å². The SMILES string of the molecule is CNS(=O)(=O)c1cccc([C@@H](C)NCc2ccc(F)c(F)c2)c1. The van der Waals surface area contributed by atoms with E-state index in [1.807, 2.05) is 6.92 Å². The highest BCUT2D eigenvalue weighted by atomic mass is 32.2. The van der Waals surface area contributed by atoms with Gasteiger partial charge in [-0.25, -0.2) is 21.9 Å². The van der Waals surface area contributed by atoms with E-state index in [4.69, 9.17) is 0 Å². The fraction of sp³-hybridized carbons (Fsp3) is 0.250. The van der Waals surface area contributed by atoms with Gasteiger partial charge in [-0.1, -0.05) is 18.2 Å². The zero-order chi connectivity index (χ0) is 17.0. The number of benzene rings is 2. The van der Waals surface area contributed by atoms with Crippen LogP contribution in [0.5, 0.6) is 0 Å². The van der Waals surface area contributed by atoms with Crippen molar-refractivity contribution in [2.45, 2.75) is 24.4 Å². The zero-order valence-electron chi connectivity index (χ0n) is 12.8. The summed E-state index contributed by atoms with van der Waals surface area (Å²) < 4.78 is 52.0. The number of nitrogens with one attached hydrogen (secondary N) is 2. The third-order valence-electron chi connectivity index (χ3n) is 3.53. The van der Waals surface area contributed by atoms with Crippen LogP contribution in [0.25, 0.3) is 0 Å². The van der Waals surface area contributed by atoms with Crippen LogP contribution in [0.4, 0.5) is 8.78 Å². The molecule has 0 saturated heterocycles. The van der Waals surface area contributed by atoms with Crippen molar-refractivity contribution in [2.24, 2.45) is 0 Å². The lowest BCUT2D eigenvalue weighted by molar-refractivity contribution is 0.504. The summed E-state index contributed by atoms with van der Waals surface area (Å²) in [7, 11) is -2.15. The minimum Gasteiger partial charge on any atom is -0.306 e. The second-order valence-corrected chi connectivity index (χ2v) is 7.02. The van der Waals surface area contributed by atoms with Crippen LogP contribution in [0, 0.1) is 11.6 Å². The Bertz CT molecular complexity index is 794. The Morgan fingerprint density at radius 3 is 2.48 bits per heavy atom. The molecule has 0 radical (unpaired) electrons. The van der Waals surface area contributed by atoms with Crippen molar-refractivity contribution in [3.05, 3.63) is 65.2 Å². The maximum absolute atomic E-state index is 13.2. The molecule has 0 aliphatic heterocycles. The molecule has 0 unspecified atom stereocenters. The lowest BCUT2D eigenvalue weighted by Gasteiger charge is -2.15. The van der Waals surface area contributed by atoms with E-state index < -0.39 is 21.7 Å². The van der Waals surface area contributed by atoms with Gasteiger partial charge < -0.3 is 5.32 Å². The average molecular weight is 340 g/mol. The van der Waals surface area contributed by atoms with Gasteiger partial charge in [-0.2, -0.15) is 0 Å². The number of rotatable bonds is 6. The van der Waals surface area contributed by atoms with Crippen LogP contribution in [0.2, 0.25) is 0 Å². The summed E-state index contributed by atoms with van der Waals surface area (Å²) in [6.07, 6.45) is 0. The Balaban J connectivity index is 2.10. The molecule has 2 N–H and O–H groups in total. The minimum atomic E-state index is -3.50. The molecular formula is C16H18F2N2O2S. The van der Waals surface area contributed by atoms with E-state index in [1.54, 1.807) is 18.2 Å². The Labute approximate surface area is 134 Å². The van der Waals surface area contributed by atoms with Crippen molar-refractivity contribution in [1.29, 1.82) is 0 Å². The maximum atomic E-state index is 13.2. The monoisotopic (exact) mass is 340 g/mol. The van der Waals surface area contributed by atoms with Gasteiger partial charge in [0.1, 0.15) is 0 Å². The third-order valence-corrected chi connectivity index (χ3v) is 4.95. The standard InChI is InChI=1S/C16H18F2N2O2S/c1-11(20-10-12-6-7-15(17)16(18)8-12)13-4-3-5-14(9-13)23(21,22)19-2/h3-9,11,19-20H,10H2,1-2H3/t11-/m1/s1. The highest BCUT2D eigenvalue weighted by Gasteiger charge is 2.13. The van der Waals surface area contributed by atoms with Crippen molar-refractivity contribution >= 4 is 10.0 Å². The normalized spacial score (nSPS) is 13.0. The summed E-state index contributed by atoms with van der Waals surface area (Å²) in [5.74, 6) is -1.77. The van der Waals surface area contributed by atoms with E-state index >= 15 is 0 Å². The molecule has 0 aliphatic rings. The summed E-state index contributed by atoms with van der Waals surface area (Å²) in [6, 6.07) is 10.1. The number of sulfonamides is 1. The predicted molar refractivity (Wildman–Crippen MR) is 84.3 cm³/mol. The van der Waals surface area contributed by atoms with Crippen molar-refractivity contribution in [1.82, 2.24) is 10.0 Å².